The summed E-state index contributed by atoms with van der Waals surface area (Å²) in [5.41, 5.74) is 0.932. The van der Waals surface area contributed by atoms with E-state index < -0.39 is 0 Å². The molecule has 1 aromatic carbocycles. The lowest BCUT2D eigenvalue weighted by Gasteiger charge is -2.23. The maximum atomic E-state index is 11.9. The van der Waals surface area contributed by atoms with Crippen LogP contribution in [-0.2, 0) is 0 Å². The van der Waals surface area contributed by atoms with Crippen LogP contribution in [0.3, 0.4) is 0 Å². The van der Waals surface area contributed by atoms with Crippen LogP contribution in [-0.4, -0.2) is 29.4 Å². The summed E-state index contributed by atoms with van der Waals surface area (Å²) in [6, 6.07) is 7.49. The molecule has 0 spiro atoms. The molecule has 1 aliphatic carbocycles. The van der Waals surface area contributed by atoms with E-state index >= 15 is 0 Å². The van der Waals surface area contributed by atoms with E-state index in [1.807, 2.05) is 31.2 Å². The van der Waals surface area contributed by atoms with Gasteiger partial charge in [-0.2, -0.15) is 0 Å². The van der Waals surface area contributed by atoms with Gasteiger partial charge in [0.05, 0.1) is 6.61 Å². The zero-order valence-electron chi connectivity index (χ0n) is 10.8. The number of carbonyl (C=O) groups excluding carboxylic acids is 1. The standard InChI is InChI=1S/C14H17N3O2/c1-2-19-11-5-3-4-9(8-11)12-13(15)16-14(18)17(12)10-6-7-10/h3-5,8,10,12H,2,6-7H2,1H3,(H2,15,16,18). The Morgan fingerprint density at radius 2 is 2.26 bits per heavy atom. The molecular weight excluding hydrogens is 242 g/mol. The Morgan fingerprint density at radius 1 is 1.47 bits per heavy atom. The lowest BCUT2D eigenvalue weighted by atomic mass is 10.1. The molecule has 1 saturated heterocycles. The molecule has 2 N–H and O–H groups in total. The lowest BCUT2D eigenvalue weighted by Crippen LogP contribution is -2.31. The third kappa shape index (κ3) is 2.16. The lowest BCUT2D eigenvalue weighted by molar-refractivity contribution is 0.202. The molecule has 5 nitrogen and oxygen atoms in total. The molecular formula is C14H17N3O2. The van der Waals surface area contributed by atoms with Crippen molar-refractivity contribution in [2.45, 2.75) is 31.8 Å². The molecule has 3 rings (SSSR count). The van der Waals surface area contributed by atoms with Gasteiger partial charge in [-0.05, 0) is 37.5 Å². The molecule has 2 fully saturated rings. The average molecular weight is 259 g/mol. The van der Waals surface area contributed by atoms with Crippen molar-refractivity contribution in [2.75, 3.05) is 6.61 Å². The van der Waals surface area contributed by atoms with Crippen molar-refractivity contribution in [3.8, 4) is 5.75 Å². The second-order valence-electron chi connectivity index (χ2n) is 4.89. The Bertz CT molecular complexity index is 525. The Balaban J connectivity index is 1.92. The molecule has 2 amide bonds. The Morgan fingerprint density at radius 3 is 2.95 bits per heavy atom. The van der Waals surface area contributed by atoms with E-state index in [-0.39, 0.29) is 24.0 Å². The third-order valence-electron chi connectivity index (χ3n) is 3.45. The van der Waals surface area contributed by atoms with E-state index in [1.54, 1.807) is 4.90 Å². The van der Waals surface area contributed by atoms with Crippen LogP contribution in [0.5, 0.6) is 5.75 Å². The SMILES string of the molecule is CCOc1cccc(C2C(=N)NC(=O)N2C2CC2)c1. The van der Waals surface area contributed by atoms with Gasteiger partial charge in [0.2, 0.25) is 0 Å². The maximum absolute atomic E-state index is 11.9. The van der Waals surface area contributed by atoms with Crippen LogP contribution in [0.25, 0.3) is 0 Å². The van der Waals surface area contributed by atoms with Crippen LogP contribution < -0.4 is 10.1 Å². The van der Waals surface area contributed by atoms with Gasteiger partial charge in [-0.15, -0.1) is 0 Å². The minimum absolute atomic E-state index is 0.153. The number of urea groups is 1. The Kier molecular flexibility index (Phi) is 2.89. The number of benzene rings is 1. The van der Waals surface area contributed by atoms with E-state index in [9.17, 15) is 4.79 Å². The van der Waals surface area contributed by atoms with Crippen LogP contribution in [0.1, 0.15) is 31.4 Å². The van der Waals surface area contributed by atoms with E-state index in [1.165, 1.54) is 0 Å². The fourth-order valence-corrected chi connectivity index (χ4v) is 2.50. The molecule has 0 bridgehead atoms. The van der Waals surface area contributed by atoms with Gasteiger partial charge in [-0.1, -0.05) is 12.1 Å². The second kappa shape index (κ2) is 4.57. The molecule has 19 heavy (non-hydrogen) atoms. The number of ether oxygens (including phenoxy) is 1. The van der Waals surface area contributed by atoms with Gasteiger partial charge in [0, 0.05) is 6.04 Å². The van der Waals surface area contributed by atoms with Crippen LogP contribution in [0, 0.1) is 5.41 Å². The predicted molar refractivity (Wildman–Crippen MR) is 71.5 cm³/mol. The highest BCUT2D eigenvalue weighted by atomic mass is 16.5. The molecule has 1 unspecified atom stereocenters. The normalized spacial score (nSPS) is 22.6. The molecule has 1 saturated carbocycles. The minimum atomic E-state index is -0.291. The van der Waals surface area contributed by atoms with E-state index in [2.05, 4.69) is 5.32 Å². The molecule has 1 heterocycles. The quantitative estimate of drug-likeness (QED) is 0.871. The number of hydrogen-bond donors (Lipinski definition) is 2. The number of amides is 2. The van der Waals surface area contributed by atoms with Gasteiger partial charge in [0.25, 0.3) is 0 Å². The second-order valence-corrected chi connectivity index (χ2v) is 4.89. The fourth-order valence-electron chi connectivity index (χ4n) is 2.50. The van der Waals surface area contributed by atoms with Gasteiger partial charge in [0.1, 0.15) is 17.6 Å². The van der Waals surface area contributed by atoms with Gasteiger partial charge in [0.15, 0.2) is 0 Å². The predicted octanol–water partition coefficient (Wildman–Crippen LogP) is 2.29. The monoisotopic (exact) mass is 259 g/mol. The van der Waals surface area contributed by atoms with E-state index in [0.29, 0.717) is 6.61 Å². The smallest absolute Gasteiger partial charge is 0.323 e. The van der Waals surface area contributed by atoms with Crippen molar-refractivity contribution < 1.29 is 9.53 Å². The Labute approximate surface area is 112 Å². The van der Waals surface area contributed by atoms with E-state index in [0.717, 1.165) is 24.2 Å². The molecule has 5 heteroatoms. The summed E-state index contributed by atoms with van der Waals surface area (Å²) in [4.78, 5) is 13.7. The molecule has 1 aromatic rings. The van der Waals surface area contributed by atoms with Crippen LogP contribution in [0.4, 0.5) is 4.79 Å². The van der Waals surface area contributed by atoms with Crippen molar-refractivity contribution in [3.05, 3.63) is 29.8 Å². The number of rotatable bonds is 4. The summed E-state index contributed by atoms with van der Waals surface area (Å²) in [6.07, 6.45) is 2.06. The van der Waals surface area contributed by atoms with Gasteiger partial charge in [-0.3, -0.25) is 10.7 Å². The third-order valence-corrected chi connectivity index (χ3v) is 3.45. The highest BCUT2D eigenvalue weighted by Crippen LogP contribution is 2.38. The summed E-state index contributed by atoms with van der Waals surface area (Å²) in [5.74, 6) is 1.04. The average Bonchev–Trinajstić information content (AvgIpc) is 3.16. The summed E-state index contributed by atoms with van der Waals surface area (Å²) in [7, 11) is 0. The highest BCUT2D eigenvalue weighted by molar-refractivity contribution is 6.06. The zero-order valence-corrected chi connectivity index (χ0v) is 10.8. The topological polar surface area (TPSA) is 65.4 Å². The zero-order chi connectivity index (χ0) is 13.4. The number of nitrogens with zero attached hydrogens (tertiary/aromatic N) is 1. The largest absolute Gasteiger partial charge is 0.494 e. The first-order chi connectivity index (χ1) is 9.20. The number of hydrogen-bond acceptors (Lipinski definition) is 3. The Hall–Kier alpha value is -2.04. The van der Waals surface area contributed by atoms with E-state index in [4.69, 9.17) is 10.1 Å². The summed E-state index contributed by atoms with van der Waals surface area (Å²) < 4.78 is 5.49. The number of carbonyl (C=O) groups is 1. The molecule has 2 aliphatic rings. The maximum Gasteiger partial charge on any atom is 0.323 e. The first-order valence-corrected chi connectivity index (χ1v) is 6.61. The first-order valence-electron chi connectivity index (χ1n) is 6.61. The molecule has 100 valence electrons. The highest BCUT2D eigenvalue weighted by Gasteiger charge is 2.45. The van der Waals surface area contributed by atoms with Crippen LogP contribution in [0.15, 0.2) is 24.3 Å². The van der Waals surface area contributed by atoms with Crippen molar-refractivity contribution >= 4 is 11.9 Å². The summed E-state index contributed by atoms with van der Waals surface area (Å²) in [5, 5.41) is 10.6. The minimum Gasteiger partial charge on any atom is -0.494 e. The first kappa shape index (κ1) is 12.0. The summed E-state index contributed by atoms with van der Waals surface area (Å²) in [6.45, 7) is 2.54. The number of nitrogens with one attached hydrogen (secondary N) is 2. The van der Waals surface area contributed by atoms with Gasteiger partial charge < -0.3 is 9.64 Å². The fraction of sp³-hybridized carbons (Fsp3) is 0.429. The van der Waals surface area contributed by atoms with Crippen molar-refractivity contribution in [1.29, 1.82) is 5.41 Å². The van der Waals surface area contributed by atoms with Crippen molar-refractivity contribution in [3.63, 3.8) is 0 Å². The van der Waals surface area contributed by atoms with Crippen molar-refractivity contribution in [2.24, 2.45) is 0 Å². The molecule has 1 aliphatic heterocycles. The molecule has 0 radical (unpaired) electrons. The van der Waals surface area contributed by atoms with Crippen LogP contribution in [0.2, 0.25) is 0 Å². The van der Waals surface area contributed by atoms with Gasteiger partial charge >= 0.3 is 6.03 Å². The van der Waals surface area contributed by atoms with Gasteiger partial charge in [-0.25, -0.2) is 4.79 Å². The summed E-state index contributed by atoms with van der Waals surface area (Å²) >= 11 is 0. The molecule has 0 aromatic heterocycles. The van der Waals surface area contributed by atoms with Crippen molar-refractivity contribution in [1.82, 2.24) is 10.2 Å². The number of amidine groups is 1. The molecule has 1 atom stereocenters. The van der Waals surface area contributed by atoms with Crippen LogP contribution >= 0.6 is 0 Å².